The molecule has 1 heteroatoms. The molecule has 0 aromatic rings. The molecule has 0 rings (SSSR count). The largest absolute Gasteiger partial charge is 0.126 e. The number of rotatable bonds is 5. The third-order valence-electron chi connectivity index (χ3n) is 3.35. The van der Waals surface area contributed by atoms with E-state index >= 15 is 0 Å². The van der Waals surface area contributed by atoms with Gasteiger partial charge in [-0.3, -0.25) is 0 Å². The van der Waals surface area contributed by atoms with E-state index in [-0.39, 0.29) is 0 Å². The second-order valence-corrected chi connectivity index (χ2v) is 4.59. The topological polar surface area (TPSA) is 0 Å². The standard InChI is InChI=1S/C11H23Cl/c1-6-11(7-12)10(5)9(4)8(2)3/h8-11H,6-7H2,1-5H3/t9-,10-,11-/m1/s1. The van der Waals surface area contributed by atoms with Crippen molar-refractivity contribution < 1.29 is 0 Å². The van der Waals surface area contributed by atoms with Gasteiger partial charge < -0.3 is 0 Å². The van der Waals surface area contributed by atoms with Gasteiger partial charge in [0.25, 0.3) is 0 Å². The summed E-state index contributed by atoms with van der Waals surface area (Å²) >= 11 is 5.91. The second-order valence-electron chi connectivity index (χ2n) is 4.28. The van der Waals surface area contributed by atoms with Crippen LogP contribution in [0.1, 0.15) is 41.0 Å². The lowest BCUT2D eigenvalue weighted by molar-refractivity contribution is 0.221. The van der Waals surface area contributed by atoms with Crippen LogP contribution in [-0.4, -0.2) is 5.88 Å². The van der Waals surface area contributed by atoms with Crippen LogP contribution in [0.4, 0.5) is 0 Å². The molecule has 0 aromatic heterocycles. The quantitative estimate of drug-likeness (QED) is 0.571. The van der Waals surface area contributed by atoms with Crippen molar-refractivity contribution >= 4 is 11.6 Å². The van der Waals surface area contributed by atoms with Gasteiger partial charge in [-0.05, 0) is 23.7 Å². The van der Waals surface area contributed by atoms with Crippen molar-refractivity contribution in [1.82, 2.24) is 0 Å². The summed E-state index contributed by atoms with van der Waals surface area (Å²) in [7, 11) is 0. The maximum Gasteiger partial charge on any atom is 0.0254 e. The average Bonchev–Trinajstić information content (AvgIpc) is 2.05. The molecule has 0 saturated carbocycles. The maximum absolute atomic E-state index is 5.91. The number of hydrogen-bond donors (Lipinski definition) is 0. The van der Waals surface area contributed by atoms with Crippen molar-refractivity contribution in [2.24, 2.45) is 23.7 Å². The molecule has 0 saturated heterocycles. The van der Waals surface area contributed by atoms with Gasteiger partial charge in [-0.1, -0.05) is 41.0 Å². The molecule has 0 unspecified atom stereocenters. The van der Waals surface area contributed by atoms with Gasteiger partial charge in [0.15, 0.2) is 0 Å². The van der Waals surface area contributed by atoms with Crippen LogP contribution < -0.4 is 0 Å². The summed E-state index contributed by atoms with van der Waals surface area (Å²) in [4.78, 5) is 0. The van der Waals surface area contributed by atoms with Gasteiger partial charge in [0.2, 0.25) is 0 Å². The minimum absolute atomic E-state index is 0.698. The van der Waals surface area contributed by atoms with Crippen molar-refractivity contribution in [3.63, 3.8) is 0 Å². The van der Waals surface area contributed by atoms with Gasteiger partial charge >= 0.3 is 0 Å². The number of alkyl halides is 1. The molecule has 0 aliphatic heterocycles. The van der Waals surface area contributed by atoms with Crippen molar-refractivity contribution in [2.75, 3.05) is 5.88 Å². The smallest absolute Gasteiger partial charge is 0.0254 e. The Balaban J connectivity index is 4.05. The molecule has 0 aliphatic rings. The van der Waals surface area contributed by atoms with Crippen LogP contribution in [0.15, 0.2) is 0 Å². The van der Waals surface area contributed by atoms with Gasteiger partial charge in [0, 0.05) is 5.88 Å². The van der Waals surface area contributed by atoms with Crippen LogP contribution in [0.3, 0.4) is 0 Å². The third-order valence-corrected chi connectivity index (χ3v) is 3.74. The van der Waals surface area contributed by atoms with Crippen LogP contribution in [-0.2, 0) is 0 Å². The fourth-order valence-corrected chi connectivity index (χ4v) is 2.16. The Bertz CT molecular complexity index is 104. The molecule has 74 valence electrons. The molecule has 0 amide bonds. The molecule has 0 aliphatic carbocycles. The highest BCUT2D eigenvalue weighted by Gasteiger charge is 2.22. The molecule has 3 atom stereocenters. The predicted molar refractivity (Wildman–Crippen MR) is 57.7 cm³/mol. The molecule has 0 N–H and O–H groups in total. The molecule has 0 aromatic carbocycles. The lowest BCUT2D eigenvalue weighted by Crippen LogP contribution is -2.23. The molecule has 0 radical (unpaired) electrons. The molecule has 12 heavy (non-hydrogen) atoms. The molecule has 0 heterocycles. The van der Waals surface area contributed by atoms with E-state index in [1.165, 1.54) is 6.42 Å². The number of halogens is 1. The summed E-state index contributed by atoms with van der Waals surface area (Å²) in [5.74, 6) is 3.83. The van der Waals surface area contributed by atoms with E-state index < -0.39 is 0 Å². The van der Waals surface area contributed by atoms with E-state index in [1.807, 2.05) is 0 Å². The summed E-state index contributed by atoms with van der Waals surface area (Å²) in [5.41, 5.74) is 0. The highest BCUT2D eigenvalue weighted by atomic mass is 35.5. The van der Waals surface area contributed by atoms with Gasteiger partial charge in [-0.15, -0.1) is 11.6 Å². The Kier molecular flexibility index (Phi) is 6.00. The van der Waals surface area contributed by atoms with Crippen molar-refractivity contribution in [3.05, 3.63) is 0 Å². The first kappa shape index (κ1) is 12.3. The van der Waals surface area contributed by atoms with E-state index in [2.05, 4.69) is 34.6 Å². The van der Waals surface area contributed by atoms with Crippen LogP contribution in [0.5, 0.6) is 0 Å². The zero-order chi connectivity index (χ0) is 9.72. The minimum Gasteiger partial charge on any atom is -0.126 e. The Morgan fingerprint density at radius 3 is 1.75 bits per heavy atom. The Hall–Kier alpha value is 0.290. The highest BCUT2D eigenvalue weighted by Crippen LogP contribution is 2.29. The van der Waals surface area contributed by atoms with Crippen molar-refractivity contribution in [2.45, 2.75) is 41.0 Å². The van der Waals surface area contributed by atoms with Crippen molar-refractivity contribution in [1.29, 1.82) is 0 Å². The monoisotopic (exact) mass is 190 g/mol. The summed E-state index contributed by atoms with van der Waals surface area (Å²) in [6.07, 6.45) is 1.21. The lowest BCUT2D eigenvalue weighted by atomic mass is 9.78. The summed E-state index contributed by atoms with van der Waals surface area (Å²) < 4.78 is 0. The summed E-state index contributed by atoms with van der Waals surface area (Å²) in [6.45, 7) is 11.5. The highest BCUT2D eigenvalue weighted by molar-refractivity contribution is 6.18. The lowest BCUT2D eigenvalue weighted by Gasteiger charge is -2.29. The normalized spacial score (nSPS) is 19.2. The number of hydrogen-bond acceptors (Lipinski definition) is 0. The van der Waals surface area contributed by atoms with Crippen LogP contribution >= 0.6 is 11.6 Å². The zero-order valence-electron chi connectivity index (χ0n) is 9.10. The molecule has 0 nitrogen and oxygen atoms in total. The van der Waals surface area contributed by atoms with Crippen LogP contribution in [0, 0.1) is 23.7 Å². The van der Waals surface area contributed by atoms with E-state index in [0.29, 0.717) is 5.92 Å². The molecular formula is C11H23Cl. The molecule has 0 fully saturated rings. The van der Waals surface area contributed by atoms with E-state index in [0.717, 1.165) is 23.6 Å². The van der Waals surface area contributed by atoms with Crippen LogP contribution in [0.25, 0.3) is 0 Å². The van der Waals surface area contributed by atoms with Crippen LogP contribution in [0.2, 0.25) is 0 Å². The Morgan fingerprint density at radius 2 is 1.50 bits per heavy atom. The second kappa shape index (κ2) is 5.85. The third kappa shape index (κ3) is 3.35. The fourth-order valence-electron chi connectivity index (χ4n) is 1.66. The zero-order valence-corrected chi connectivity index (χ0v) is 9.86. The van der Waals surface area contributed by atoms with E-state index in [1.54, 1.807) is 0 Å². The van der Waals surface area contributed by atoms with Gasteiger partial charge in [0.1, 0.15) is 0 Å². The average molecular weight is 191 g/mol. The van der Waals surface area contributed by atoms with Gasteiger partial charge in [-0.2, -0.15) is 0 Å². The first-order valence-corrected chi connectivity index (χ1v) is 5.63. The van der Waals surface area contributed by atoms with Crippen molar-refractivity contribution in [3.8, 4) is 0 Å². The SMILES string of the molecule is CC[C@H](CCl)[C@H](C)[C@H](C)C(C)C. The Labute approximate surface area is 82.7 Å². The maximum atomic E-state index is 5.91. The Morgan fingerprint density at radius 1 is 1.00 bits per heavy atom. The summed E-state index contributed by atoms with van der Waals surface area (Å²) in [6, 6.07) is 0. The first-order chi connectivity index (χ1) is 5.54. The molecule has 0 spiro atoms. The van der Waals surface area contributed by atoms with Gasteiger partial charge in [-0.25, -0.2) is 0 Å². The summed E-state index contributed by atoms with van der Waals surface area (Å²) in [5, 5.41) is 0. The molecule has 0 bridgehead atoms. The molecular weight excluding hydrogens is 168 g/mol. The van der Waals surface area contributed by atoms with E-state index in [9.17, 15) is 0 Å². The fraction of sp³-hybridized carbons (Fsp3) is 1.00. The minimum atomic E-state index is 0.698. The van der Waals surface area contributed by atoms with E-state index in [4.69, 9.17) is 11.6 Å². The van der Waals surface area contributed by atoms with Gasteiger partial charge in [0.05, 0.1) is 0 Å². The predicted octanol–water partition coefficient (Wildman–Crippen LogP) is 4.18. The first-order valence-electron chi connectivity index (χ1n) is 5.10.